The third-order valence-corrected chi connectivity index (χ3v) is 2.14. The third kappa shape index (κ3) is 1.28. The van der Waals surface area contributed by atoms with Gasteiger partial charge >= 0.3 is 5.91 Å². The molecule has 0 radical (unpaired) electrons. The van der Waals surface area contributed by atoms with E-state index in [-0.39, 0.29) is 5.91 Å². The normalized spacial score (nSPS) is 20.9. The molecule has 4 nitrogen and oxygen atoms in total. The van der Waals surface area contributed by atoms with Crippen molar-refractivity contribution in [3.8, 4) is 0 Å². The zero-order valence-electron chi connectivity index (χ0n) is 6.95. The van der Waals surface area contributed by atoms with Crippen molar-refractivity contribution in [3.63, 3.8) is 0 Å². The Balaban J connectivity index is 2.37. The quantitative estimate of drug-likeness (QED) is 0.635. The molecule has 0 saturated heterocycles. The fourth-order valence-corrected chi connectivity index (χ4v) is 1.43. The van der Waals surface area contributed by atoms with E-state index in [4.69, 9.17) is 16.4 Å². The highest BCUT2D eigenvalue weighted by Gasteiger charge is 2.31. The van der Waals surface area contributed by atoms with Crippen LogP contribution in [0.25, 0.3) is 0 Å². The second kappa shape index (κ2) is 2.97. The summed E-state index contributed by atoms with van der Waals surface area (Å²) < 4.78 is 0. The van der Waals surface area contributed by atoms with Crippen molar-refractivity contribution < 1.29 is 9.63 Å². The summed E-state index contributed by atoms with van der Waals surface area (Å²) in [5.41, 5.74) is 1.23. The van der Waals surface area contributed by atoms with Gasteiger partial charge in [-0.3, -0.25) is 9.63 Å². The van der Waals surface area contributed by atoms with Gasteiger partial charge in [-0.15, -0.1) is 5.10 Å². The molecule has 0 aromatic rings. The van der Waals surface area contributed by atoms with E-state index in [1.54, 1.807) is 12.2 Å². The topological polar surface area (TPSA) is 41.9 Å². The molecule has 68 valence electrons. The zero-order chi connectivity index (χ0) is 9.42. The van der Waals surface area contributed by atoms with E-state index in [0.717, 1.165) is 5.17 Å². The summed E-state index contributed by atoms with van der Waals surface area (Å²) >= 11 is 5.76. The van der Waals surface area contributed by atoms with Gasteiger partial charge in [0.15, 0.2) is 0 Å². The Morgan fingerprint density at radius 2 is 2.46 bits per heavy atom. The van der Waals surface area contributed by atoms with Gasteiger partial charge in [-0.25, -0.2) is 0 Å². The maximum Gasteiger partial charge on any atom is 0.301 e. The summed E-state index contributed by atoms with van der Waals surface area (Å²) in [5, 5.41) is 5.48. The van der Waals surface area contributed by atoms with Crippen LogP contribution in [-0.4, -0.2) is 23.9 Å². The molecular weight excluding hydrogens is 192 g/mol. The second-order valence-corrected chi connectivity index (χ2v) is 3.09. The van der Waals surface area contributed by atoms with Gasteiger partial charge in [-0.05, 0) is 6.08 Å². The summed E-state index contributed by atoms with van der Waals surface area (Å²) in [7, 11) is 1.40. The van der Waals surface area contributed by atoms with E-state index in [2.05, 4.69) is 5.10 Å². The molecule has 0 aromatic carbocycles. The molecule has 0 unspecified atom stereocenters. The van der Waals surface area contributed by atoms with Crippen LogP contribution in [-0.2, 0) is 9.63 Å². The molecule has 0 aromatic heterocycles. The highest BCUT2D eigenvalue weighted by atomic mass is 35.5. The lowest BCUT2D eigenvalue weighted by atomic mass is 10.0. The Kier molecular flexibility index (Phi) is 1.94. The molecule has 1 aliphatic carbocycles. The highest BCUT2D eigenvalue weighted by molar-refractivity contribution is 6.35. The minimum atomic E-state index is -0.260. The molecule has 13 heavy (non-hydrogen) atoms. The largest absolute Gasteiger partial charge is 0.301 e. The van der Waals surface area contributed by atoms with Crippen molar-refractivity contribution in [1.29, 1.82) is 0 Å². The number of allylic oxidation sites excluding steroid dienone is 3. The van der Waals surface area contributed by atoms with Crippen LogP contribution in [0.3, 0.4) is 0 Å². The Hall–Kier alpha value is -1.13. The van der Waals surface area contributed by atoms with Crippen molar-refractivity contribution in [3.05, 3.63) is 22.8 Å². The maximum atomic E-state index is 11.4. The molecule has 5 heteroatoms. The summed E-state index contributed by atoms with van der Waals surface area (Å²) in [4.78, 5) is 16.2. The van der Waals surface area contributed by atoms with Crippen LogP contribution in [0.15, 0.2) is 27.9 Å². The average molecular weight is 199 g/mol. The molecule has 0 atom stereocenters. The lowest BCUT2D eigenvalue weighted by Gasteiger charge is -2.06. The monoisotopic (exact) mass is 198 g/mol. The number of carbonyl (C=O) groups is 1. The van der Waals surface area contributed by atoms with Crippen LogP contribution in [0.5, 0.6) is 0 Å². The number of hydrogen-bond donors (Lipinski definition) is 0. The molecular formula is C8H7ClN2O2. The molecule has 0 spiro atoms. The highest BCUT2D eigenvalue weighted by Crippen LogP contribution is 2.24. The number of rotatable bonds is 1. The minimum Gasteiger partial charge on any atom is -0.265 e. The lowest BCUT2D eigenvalue weighted by molar-refractivity contribution is -0.168. The van der Waals surface area contributed by atoms with Crippen molar-refractivity contribution >= 4 is 23.2 Å². The number of hydrogen-bond acceptors (Lipinski definition) is 3. The standard InChI is InChI=1S/C8H7ClN2O2/c1-13-11-8(12)6-4-5(9)2-3-7(6)10-11/h2,4H,3H2,1H3. The fraction of sp³-hybridized carbons (Fsp3) is 0.250. The molecule has 0 bridgehead atoms. The van der Waals surface area contributed by atoms with Crippen LogP contribution in [0.4, 0.5) is 0 Å². The van der Waals surface area contributed by atoms with Crippen molar-refractivity contribution in [2.75, 3.05) is 7.11 Å². The lowest BCUT2D eigenvalue weighted by Crippen LogP contribution is -2.21. The molecule has 2 aliphatic rings. The molecule has 0 N–H and O–H groups in total. The van der Waals surface area contributed by atoms with Gasteiger partial charge in [-0.2, -0.15) is 0 Å². The summed E-state index contributed by atoms with van der Waals surface area (Å²) in [6.45, 7) is 0. The molecule has 2 rings (SSSR count). The van der Waals surface area contributed by atoms with E-state index >= 15 is 0 Å². The van der Waals surface area contributed by atoms with E-state index in [0.29, 0.717) is 22.7 Å². The zero-order valence-corrected chi connectivity index (χ0v) is 7.71. The van der Waals surface area contributed by atoms with Gasteiger partial charge in [0.05, 0.1) is 18.4 Å². The maximum absolute atomic E-state index is 11.4. The Bertz CT molecular complexity index is 357. The first-order valence-electron chi connectivity index (χ1n) is 3.76. The average Bonchev–Trinajstić information content (AvgIpc) is 2.44. The third-order valence-electron chi connectivity index (χ3n) is 1.87. The van der Waals surface area contributed by atoms with Gasteiger partial charge in [0, 0.05) is 11.5 Å². The number of fused-ring (bicyclic) bond motifs is 1. The Labute approximate surface area is 80.1 Å². The van der Waals surface area contributed by atoms with Gasteiger partial charge in [0.2, 0.25) is 0 Å². The first-order valence-corrected chi connectivity index (χ1v) is 4.14. The predicted octanol–water partition coefficient (Wildman–Crippen LogP) is 1.20. The van der Waals surface area contributed by atoms with Crippen LogP contribution >= 0.6 is 11.6 Å². The predicted molar refractivity (Wildman–Crippen MR) is 47.9 cm³/mol. The van der Waals surface area contributed by atoms with Crippen LogP contribution < -0.4 is 0 Å². The number of hydrazone groups is 1. The van der Waals surface area contributed by atoms with Crippen LogP contribution in [0.1, 0.15) is 6.42 Å². The van der Waals surface area contributed by atoms with Gasteiger partial charge in [0.1, 0.15) is 0 Å². The SMILES string of the molecule is CON1N=C2CC=C(Cl)C=C2C1=O. The van der Waals surface area contributed by atoms with E-state index in [1.807, 2.05) is 0 Å². The molecule has 0 saturated carbocycles. The molecule has 1 amide bonds. The summed E-state index contributed by atoms with van der Waals surface area (Å²) in [6, 6.07) is 0. The van der Waals surface area contributed by atoms with Crippen molar-refractivity contribution in [2.24, 2.45) is 5.10 Å². The van der Waals surface area contributed by atoms with E-state index in [1.165, 1.54) is 7.11 Å². The smallest absolute Gasteiger partial charge is 0.265 e. The van der Waals surface area contributed by atoms with Gasteiger partial charge < -0.3 is 0 Å². The Morgan fingerprint density at radius 3 is 3.15 bits per heavy atom. The first kappa shape index (κ1) is 8.47. The van der Waals surface area contributed by atoms with E-state index in [9.17, 15) is 4.79 Å². The van der Waals surface area contributed by atoms with E-state index < -0.39 is 0 Å². The van der Waals surface area contributed by atoms with Crippen molar-refractivity contribution in [1.82, 2.24) is 5.17 Å². The number of halogens is 1. The molecule has 1 aliphatic heterocycles. The summed E-state index contributed by atoms with van der Waals surface area (Å²) in [5.74, 6) is -0.260. The van der Waals surface area contributed by atoms with Gasteiger partial charge in [0.25, 0.3) is 0 Å². The number of carbonyl (C=O) groups excluding carboxylic acids is 1. The van der Waals surface area contributed by atoms with Crippen LogP contribution in [0.2, 0.25) is 0 Å². The van der Waals surface area contributed by atoms with Gasteiger partial charge in [-0.1, -0.05) is 22.8 Å². The van der Waals surface area contributed by atoms with Crippen molar-refractivity contribution in [2.45, 2.75) is 6.42 Å². The molecule has 1 heterocycles. The first-order chi connectivity index (χ1) is 6.22. The fourth-order valence-electron chi connectivity index (χ4n) is 1.25. The molecule has 0 fully saturated rings. The van der Waals surface area contributed by atoms with Crippen LogP contribution in [0, 0.1) is 0 Å². The second-order valence-electron chi connectivity index (χ2n) is 2.66. The number of hydroxylamine groups is 1. The number of nitrogens with zero attached hydrogens (tertiary/aromatic N) is 2. The summed E-state index contributed by atoms with van der Waals surface area (Å²) in [6.07, 6.45) is 3.98. The minimum absolute atomic E-state index is 0.260. The Morgan fingerprint density at radius 1 is 1.69 bits per heavy atom. The number of amides is 1.